The van der Waals surface area contributed by atoms with Gasteiger partial charge in [-0.2, -0.15) is 0 Å². The molecule has 3 rings (SSSR count). The first-order chi connectivity index (χ1) is 13.8. The van der Waals surface area contributed by atoms with Gasteiger partial charge in [-0.05, 0) is 32.8 Å². The zero-order valence-electron chi connectivity index (χ0n) is 16.8. The van der Waals surface area contributed by atoms with Crippen molar-refractivity contribution >= 4 is 27.5 Å². The van der Waals surface area contributed by atoms with E-state index in [1.165, 1.54) is 23.2 Å². The predicted octanol–water partition coefficient (Wildman–Crippen LogP) is 2.86. The number of ether oxygens (including phenoxy) is 2. The van der Waals surface area contributed by atoms with Gasteiger partial charge in [0.2, 0.25) is 5.43 Å². The van der Waals surface area contributed by atoms with Gasteiger partial charge in [0, 0.05) is 18.0 Å². The van der Waals surface area contributed by atoms with Gasteiger partial charge in [0.15, 0.2) is 5.75 Å². The number of carbonyl (C=O) groups excluding carboxylic acids is 1. The standard InChI is InChI=1S/C20H23N3O5S/c1-5-6-27-15-8-21-13(7-14(15)24)9-23-10-22-18-16(19(23)25)12(4)17(29-18)20(26)28-11(2)3/h7-8,10-11H,5-6,9H2,1-4H3,(H,21,24). The van der Waals surface area contributed by atoms with Crippen molar-refractivity contribution < 1.29 is 14.3 Å². The van der Waals surface area contributed by atoms with Crippen LogP contribution in [-0.2, 0) is 11.3 Å². The Balaban J connectivity index is 1.93. The Hall–Kier alpha value is -2.94. The zero-order chi connectivity index (χ0) is 21.1. The molecule has 9 heteroatoms. The molecule has 0 aliphatic heterocycles. The fourth-order valence-electron chi connectivity index (χ4n) is 2.83. The number of pyridine rings is 1. The van der Waals surface area contributed by atoms with Crippen LogP contribution in [0.1, 0.15) is 48.1 Å². The van der Waals surface area contributed by atoms with E-state index >= 15 is 0 Å². The van der Waals surface area contributed by atoms with Crippen LogP contribution < -0.4 is 15.7 Å². The largest absolute Gasteiger partial charge is 0.488 e. The Labute approximate surface area is 171 Å². The van der Waals surface area contributed by atoms with Crippen LogP contribution >= 0.6 is 11.3 Å². The molecule has 0 atom stereocenters. The third-order valence-corrected chi connectivity index (χ3v) is 5.36. The molecule has 29 heavy (non-hydrogen) atoms. The summed E-state index contributed by atoms with van der Waals surface area (Å²) in [4.78, 5) is 45.6. The monoisotopic (exact) mass is 417 g/mol. The van der Waals surface area contributed by atoms with E-state index in [1.807, 2.05) is 6.92 Å². The molecule has 1 N–H and O–H groups in total. The van der Waals surface area contributed by atoms with Crippen LogP contribution in [0.2, 0.25) is 0 Å². The highest BCUT2D eigenvalue weighted by Crippen LogP contribution is 2.27. The average Bonchev–Trinajstić information content (AvgIpc) is 3.00. The van der Waals surface area contributed by atoms with Crippen LogP contribution in [0.25, 0.3) is 10.2 Å². The Bertz CT molecular complexity index is 1160. The Morgan fingerprint density at radius 3 is 2.76 bits per heavy atom. The summed E-state index contributed by atoms with van der Waals surface area (Å²) in [6.07, 6.45) is 3.46. The normalized spacial score (nSPS) is 11.2. The molecule has 0 radical (unpaired) electrons. The first-order valence-corrected chi connectivity index (χ1v) is 10.2. The minimum Gasteiger partial charge on any atom is -0.488 e. The van der Waals surface area contributed by atoms with Crippen LogP contribution in [0, 0.1) is 6.92 Å². The summed E-state index contributed by atoms with van der Waals surface area (Å²) >= 11 is 1.14. The van der Waals surface area contributed by atoms with Crippen molar-refractivity contribution in [2.75, 3.05) is 6.61 Å². The number of aryl methyl sites for hydroxylation is 1. The van der Waals surface area contributed by atoms with Gasteiger partial charge in [-0.25, -0.2) is 9.78 Å². The topological polar surface area (TPSA) is 103 Å². The smallest absolute Gasteiger partial charge is 0.348 e. The zero-order valence-corrected chi connectivity index (χ0v) is 17.6. The molecule has 0 aliphatic carbocycles. The van der Waals surface area contributed by atoms with Crippen molar-refractivity contribution in [2.24, 2.45) is 0 Å². The van der Waals surface area contributed by atoms with Crippen molar-refractivity contribution in [3.63, 3.8) is 0 Å². The number of aromatic amines is 1. The highest BCUT2D eigenvalue weighted by atomic mass is 32.1. The maximum atomic E-state index is 13.0. The first-order valence-electron chi connectivity index (χ1n) is 9.35. The lowest BCUT2D eigenvalue weighted by molar-refractivity contribution is 0.0383. The summed E-state index contributed by atoms with van der Waals surface area (Å²) in [6, 6.07) is 1.41. The average molecular weight is 417 g/mol. The van der Waals surface area contributed by atoms with Gasteiger partial charge in [-0.1, -0.05) is 6.92 Å². The van der Waals surface area contributed by atoms with E-state index in [0.29, 0.717) is 33.0 Å². The first kappa shape index (κ1) is 20.8. The number of esters is 1. The summed E-state index contributed by atoms with van der Waals surface area (Å²) < 4.78 is 12.0. The Morgan fingerprint density at radius 2 is 2.10 bits per heavy atom. The van der Waals surface area contributed by atoms with E-state index in [9.17, 15) is 14.4 Å². The number of nitrogens with zero attached hydrogens (tertiary/aromatic N) is 2. The maximum Gasteiger partial charge on any atom is 0.348 e. The van der Waals surface area contributed by atoms with Crippen molar-refractivity contribution in [3.8, 4) is 5.75 Å². The molecule has 0 amide bonds. The molecule has 0 unspecified atom stereocenters. The highest BCUT2D eigenvalue weighted by molar-refractivity contribution is 7.20. The molecule has 0 fully saturated rings. The molecule has 3 heterocycles. The van der Waals surface area contributed by atoms with Crippen LogP contribution in [0.5, 0.6) is 5.75 Å². The van der Waals surface area contributed by atoms with E-state index in [2.05, 4.69) is 9.97 Å². The lowest BCUT2D eigenvalue weighted by Gasteiger charge is -2.08. The second-order valence-corrected chi connectivity index (χ2v) is 7.90. The molecule has 3 aromatic rings. The molecule has 0 saturated heterocycles. The molecule has 0 aliphatic rings. The molecule has 0 aromatic carbocycles. The van der Waals surface area contributed by atoms with Crippen LogP contribution in [-0.4, -0.2) is 33.2 Å². The number of hydrogen-bond donors (Lipinski definition) is 1. The summed E-state index contributed by atoms with van der Waals surface area (Å²) in [5.74, 6) is -0.211. The molecular formula is C20H23N3O5S. The Kier molecular flexibility index (Phi) is 6.17. The van der Waals surface area contributed by atoms with Gasteiger partial charge in [-0.15, -0.1) is 11.3 Å². The second-order valence-electron chi connectivity index (χ2n) is 6.90. The lowest BCUT2D eigenvalue weighted by Crippen LogP contribution is -2.22. The molecule has 0 saturated carbocycles. The van der Waals surface area contributed by atoms with Crippen molar-refractivity contribution in [1.29, 1.82) is 0 Å². The Morgan fingerprint density at radius 1 is 1.34 bits per heavy atom. The number of nitrogens with one attached hydrogen (secondary N) is 1. The molecular weight excluding hydrogens is 394 g/mol. The summed E-state index contributed by atoms with van der Waals surface area (Å²) in [5.41, 5.74) is 0.577. The third-order valence-electron chi connectivity index (χ3n) is 4.18. The number of hydrogen-bond acceptors (Lipinski definition) is 7. The van der Waals surface area contributed by atoms with Gasteiger partial charge in [-0.3, -0.25) is 14.2 Å². The molecule has 8 nitrogen and oxygen atoms in total. The number of carbonyl (C=O) groups is 1. The fourth-order valence-corrected chi connectivity index (χ4v) is 3.86. The van der Waals surface area contributed by atoms with E-state index in [0.717, 1.165) is 17.8 Å². The van der Waals surface area contributed by atoms with Gasteiger partial charge < -0.3 is 14.5 Å². The summed E-state index contributed by atoms with van der Waals surface area (Å²) in [6.45, 7) is 7.81. The van der Waals surface area contributed by atoms with Gasteiger partial charge in [0.05, 0.1) is 31.0 Å². The number of thiophene rings is 1. The summed E-state index contributed by atoms with van der Waals surface area (Å²) in [7, 11) is 0. The van der Waals surface area contributed by atoms with Gasteiger partial charge in [0.1, 0.15) is 9.71 Å². The number of aromatic nitrogens is 3. The molecule has 0 spiro atoms. The SMILES string of the molecule is CCCOc1c[nH]c(Cn2cnc3sc(C(=O)OC(C)C)c(C)c3c2=O)cc1=O. The summed E-state index contributed by atoms with van der Waals surface area (Å²) in [5, 5.41) is 0.387. The van der Waals surface area contributed by atoms with E-state index < -0.39 is 5.97 Å². The minimum atomic E-state index is -0.460. The third kappa shape index (κ3) is 4.40. The number of fused-ring (bicyclic) bond motifs is 1. The quantitative estimate of drug-likeness (QED) is 0.593. The molecule has 3 aromatic heterocycles. The van der Waals surface area contributed by atoms with Crippen LogP contribution in [0.15, 0.2) is 28.2 Å². The van der Waals surface area contributed by atoms with E-state index in [-0.39, 0.29) is 29.4 Å². The van der Waals surface area contributed by atoms with Crippen molar-refractivity contribution in [1.82, 2.24) is 14.5 Å². The van der Waals surface area contributed by atoms with E-state index in [1.54, 1.807) is 20.8 Å². The van der Waals surface area contributed by atoms with Crippen molar-refractivity contribution in [3.05, 3.63) is 55.3 Å². The number of rotatable bonds is 7. The van der Waals surface area contributed by atoms with Crippen LogP contribution in [0.3, 0.4) is 0 Å². The second kappa shape index (κ2) is 8.60. The molecule has 0 bridgehead atoms. The predicted molar refractivity (Wildman–Crippen MR) is 111 cm³/mol. The lowest BCUT2D eigenvalue weighted by atomic mass is 10.2. The minimum absolute atomic E-state index is 0.145. The van der Waals surface area contributed by atoms with Crippen LogP contribution in [0.4, 0.5) is 0 Å². The fraction of sp³-hybridized carbons (Fsp3) is 0.400. The number of H-pyrrole nitrogens is 1. The van der Waals surface area contributed by atoms with E-state index in [4.69, 9.17) is 9.47 Å². The van der Waals surface area contributed by atoms with Gasteiger partial charge in [0.25, 0.3) is 5.56 Å². The molecule has 154 valence electrons. The maximum absolute atomic E-state index is 13.0. The highest BCUT2D eigenvalue weighted by Gasteiger charge is 2.21. The van der Waals surface area contributed by atoms with Crippen molar-refractivity contribution in [2.45, 2.75) is 46.8 Å². The van der Waals surface area contributed by atoms with Gasteiger partial charge >= 0.3 is 5.97 Å².